The second kappa shape index (κ2) is 7.13. The van der Waals surface area contributed by atoms with E-state index in [4.69, 9.17) is 10.5 Å². The highest BCUT2D eigenvalue weighted by Crippen LogP contribution is 2.16. The van der Waals surface area contributed by atoms with E-state index in [-0.39, 0.29) is 18.1 Å². The van der Waals surface area contributed by atoms with Crippen LogP contribution in [0.1, 0.15) is 30.5 Å². The lowest BCUT2D eigenvalue weighted by Crippen LogP contribution is -2.33. The van der Waals surface area contributed by atoms with Gasteiger partial charge in [-0.3, -0.25) is 4.79 Å². The maximum Gasteiger partial charge on any atom is 0.223 e. The lowest BCUT2D eigenvalue weighted by atomic mass is 10.0. The maximum absolute atomic E-state index is 11.8. The van der Waals surface area contributed by atoms with E-state index in [1.54, 1.807) is 7.11 Å². The first kappa shape index (κ1) is 14.7. The maximum atomic E-state index is 11.8. The molecule has 0 fully saturated rings. The lowest BCUT2D eigenvalue weighted by Gasteiger charge is -2.18. The molecule has 100 valence electrons. The number of nitrogens with two attached hydrogens (primary N) is 1. The zero-order valence-electron chi connectivity index (χ0n) is 11.3. The highest BCUT2D eigenvalue weighted by molar-refractivity contribution is 5.77. The number of aryl methyl sites for hydroxylation is 1. The average molecular weight is 250 g/mol. The molecule has 18 heavy (non-hydrogen) atoms. The Morgan fingerprint density at radius 1 is 1.44 bits per heavy atom. The van der Waals surface area contributed by atoms with Gasteiger partial charge < -0.3 is 15.8 Å². The molecule has 1 unspecified atom stereocenters. The van der Waals surface area contributed by atoms with Gasteiger partial charge >= 0.3 is 0 Å². The van der Waals surface area contributed by atoms with E-state index in [1.807, 2.05) is 38.1 Å². The molecular weight excluding hydrogens is 228 g/mol. The standard InChI is InChI=1S/C14H22N2O2/c1-10-6-4-5-7-13(10)11(2)16-14(17)8-12(9-15)18-3/h4-7,11-12H,8-9,15H2,1-3H3,(H,16,17)/t11-,12?/m0/s1. The van der Waals surface area contributed by atoms with Gasteiger partial charge in [-0.1, -0.05) is 24.3 Å². The van der Waals surface area contributed by atoms with Crippen molar-refractivity contribution in [1.29, 1.82) is 0 Å². The van der Waals surface area contributed by atoms with Crippen LogP contribution in [-0.4, -0.2) is 25.7 Å². The molecular formula is C14H22N2O2. The first-order chi connectivity index (χ1) is 8.58. The summed E-state index contributed by atoms with van der Waals surface area (Å²) in [6.45, 7) is 4.36. The van der Waals surface area contributed by atoms with Crippen LogP contribution in [0, 0.1) is 6.92 Å². The molecule has 0 saturated heterocycles. The summed E-state index contributed by atoms with van der Waals surface area (Å²) in [6.07, 6.45) is 0.0810. The van der Waals surface area contributed by atoms with Gasteiger partial charge in [0.05, 0.1) is 18.6 Å². The van der Waals surface area contributed by atoms with Crippen molar-refractivity contribution in [2.45, 2.75) is 32.4 Å². The summed E-state index contributed by atoms with van der Waals surface area (Å²) in [7, 11) is 1.57. The fourth-order valence-electron chi connectivity index (χ4n) is 1.92. The Kier molecular flexibility index (Phi) is 5.82. The minimum Gasteiger partial charge on any atom is -0.380 e. The molecule has 4 heteroatoms. The van der Waals surface area contributed by atoms with Gasteiger partial charge in [0.15, 0.2) is 0 Å². The first-order valence-electron chi connectivity index (χ1n) is 6.16. The van der Waals surface area contributed by atoms with Gasteiger partial charge in [0.25, 0.3) is 0 Å². The predicted octanol–water partition coefficient (Wildman–Crippen LogP) is 1.54. The van der Waals surface area contributed by atoms with Gasteiger partial charge in [0.2, 0.25) is 5.91 Å². The molecule has 2 atom stereocenters. The molecule has 0 aliphatic heterocycles. The van der Waals surface area contributed by atoms with E-state index in [2.05, 4.69) is 5.32 Å². The quantitative estimate of drug-likeness (QED) is 0.805. The number of ether oxygens (including phenoxy) is 1. The van der Waals surface area contributed by atoms with Crippen LogP contribution in [-0.2, 0) is 9.53 Å². The van der Waals surface area contributed by atoms with Crippen molar-refractivity contribution in [2.24, 2.45) is 5.73 Å². The van der Waals surface area contributed by atoms with Crippen LogP contribution in [0.5, 0.6) is 0 Å². The van der Waals surface area contributed by atoms with Gasteiger partial charge in [0, 0.05) is 13.7 Å². The van der Waals surface area contributed by atoms with Crippen molar-refractivity contribution >= 4 is 5.91 Å². The van der Waals surface area contributed by atoms with E-state index < -0.39 is 0 Å². The Labute approximate surface area is 109 Å². The molecule has 1 aromatic carbocycles. The topological polar surface area (TPSA) is 64.3 Å². The number of amides is 1. The van der Waals surface area contributed by atoms with Crippen molar-refractivity contribution in [2.75, 3.05) is 13.7 Å². The molecule has 1 rings (SSSR count). The van der Waals surface area contributed by atoms with Crippen molar-refractivity contribution in [3.8, 4) is 0 Å². The fraction of sp³-hybridized carbons (Fsp3) is 0.500. The summed E-state index contributed by atoms with van der Waals surface area (Å²) in [4.78, 5) is 11.8. The fourth-order valence-corrected chi connectivity index (χ4v) is 1.92. The van der Waals surface area contributed by atoms with Gasteiger partial charge in [-0.15, -0.1) is 0 Å². The third-order valence-corrected chi connectivity index (χ3v) is 3.04. The van der Waals surface area contributed by atoms with E-state index >= 15 is 0 Å². The number of hydrogen-bond donors (Lipinski definition) is 2. The number of carbonyl (C=O) groups excluding carboxylic acids is 1. The highest BCUT2D eigenvalue weighted by atomic mass is 16.5. The number of rotatable bonds is 6. The van der Waals surface area contributed by atoms with Crippen LogP contribution in [0.3, 0.4) is 0 Å². The molecule has 0 saturated carbocycles. The van der Waals surface area contributed by atoms with Crippen LogP contribution in [0.15, 0.2) is 24.3 Å². The van der Waals surface area contributed by atoms with Gasteiger partial charge in [0.1, 0.15) is 0 Å². The molecule has 0 bridgehead atoms. The van der Waals surface area contributed by atoms with Crippen molar-refractivity contribution in [3.05, 3.63) is 35.4 Å². The smallest absolute Gasteiger partial charge is 0.223 e. The van der Waals surface area contributed by atoms with E-state index in [1.165, 1.54) is 5.56 Å². The van der Waals surface area contributed by atoms with Crippen molar-refractivity contribution in [3.63, 3.8) is 0 Å². The van der Waals surface area contributed by atoms with Crippen LogP contribution < -0.4 is 11.1 Å². The second-order valence-electron chi connectivity index (χ2n) is 4.44. The van der Waals surface area contributed by atoms with Gasteiger partial charge in [-0.05, 0) is 25.0 Å². The number of benzene rings is 1. The Balaban J connectivity index is 2.57. The molecule has 1 amide bonds. The lowest BCUT2D eigenvalue weighted by molar-refractivity contribution is -0.124. The molecule has 0 radical (unpaired) electrons. The van der Waals surface area contributed by atoms with Crippen molar-refractivity contribution in [1.82, 2.24) is 5.32 Å². The van der Waals surface area contributed by atoms with Crippen LogP contribution in [0.25, 0.3) is 0 Å². The molecule has 0 aliphatic carbocycles. The van der Waals surface area contributed by atoms with Crippen LogP contribution in [0.2, 0.25) is 0 Å². The molecule has 0 aliphatic rings. The predicted molar refractivity (Wildman–Crippen MR) is 72.2 cm³/mol. The Morgan fingerprint density at radius 3 is 2.67 bits per heavy atom. The molecule has 4 nitrogen and oxygen atoms in total. The van der Waals surface area contributed by atoms with E-state index in [0.717, 1.165) is 5.56 Å². The largest absolute Gasteiger partial charge is 0.380 e. The molecule has 0 aromatic heterocycles. The van der Waals surface area contributed by atoms with Crippen LogP contribution in [0.4, 0.5) is 0 Å². The second-order valence-corrected chi connectivity index (χ2v) is 4.44. The summed E-state index contributed by atoms with van der Waals surface area (Å²) in [5.41, 5.74) is 7.80. The van der Waals surface area contributed by atoms with Crippen molar-refractivity contribution < 1.29 is 9.53 Å². The monoisotopic (exact) mass is 250 g/mol. The van der Waals surface area contributed by atoms with E-state index in [9.17, 15) is 4.79 Å². The van der Waals surface area contributed by atoms with Gasteiger partial charge in [-0.25, -0.2) is 0 Å². The highest BCUT2D eigenvalue weighted by Gasteiger charge is 2.15. The summed E-state index contributed by atoms with van der Waals surface area (Å²) >= 11 is 0. The minimum atomic E-state index is -0.214. The zero-order valence-corrected chi connectivity index (χ0v) is 11.3. The third-order valence-electron chi connectivity index (χ3n) is 3.04. The van der Waals surface area contributed by atoms with Crippen LogP contribution >= 0.6 is 0 Å². The normalized spacial score (nSPS) is 14.0. The Hall–Kier alpha value is -1.39. The minimum absolute atomic E-state index is 0.00557. The summed E-state index contributed by atoms with van der Waals surface area (Å²) in [6, 6.07) is 8.02. The SMILES string of the molecule is COC(CN)CC(=O)N[C@@H](C)c1ccccc1C. The average Bonchev–Trinajstić information content (AvgIpc) is 2.36. The number of methoxy groups -OCH3 is 1. The zero-order chi connectivity index (χ0) is 13.5. The Bertz CT molecular complexity index is 389. The molecule has 3 N–H and O–H groups in total. The molecule has 1 aromatic rings. The van der Waals surface area contributed by atoms with E-state index in [0.29, 0.717) is 13.0 Å². The molecule has 0 spiro atoms. The molecule has 0 heterocycles. The first-order valence-corrected chi connectivity index (χ1v) is 6.16. The third kappa shape index (κ3) is 4.13. The number of hydrogen-bond acceptors (Lipinski definition) is 3. The van der Waals surface area contributed by atoms with Gasteiger partial charge in [-0.2, -0.15) is 0 Å². The summed E-state index contributed by atoms with van der Waals surface area (Å²) in [5, 5.41) is 2.96. The number of nitrogens with one attached hydrogen (secondary N) is 1. The number of carbonyl (C=O) groups is 1. The Morgan fingerprint density at radius 2 is 2.11 bits per heavy atom. The summed E-state index contributed by atoms with van der Waals surface area (Å²) < 4.78 is 5.10. The summed E-state index contributed by atoms with van der Waals surface area (Å²) in [5.74, 6) is -0.0388.